The number of carbonyl (C=O) groups is 1. The van der Waals surface area contributed by atoms with Crippen LogP contribution >= 0.6 is 0 Å². The normalized spacial score (nSPS) is 10.7. The molecule has 0 unspecified atom stereocenters. The van der Waals surface area contributed by atoms with Gasteiger partial charge in [0.2, 0.25) is 5.91 Å². The number of hydrogen-bond acceptors (Lipinski definition) is 2. The highest BCUT2D eigenvalue weighted by molar-refractivity contribution is 5.92. The van der Waals surface area contributed by atoms with E-state index in [1.807, 2.05) is 35.0 Å². The molecule has 0 fully saturated rings. The molecule has 0 atom stereocenters. The fourth-order valence-electron chi connectivity index (χ4n) is 2.64. The zero-order valence-corrected chi connectivity index (χ0v) is 13.4. The first-order valence-corrected chi connectivity index (χ1v) is 7.71. The lowest BCUT2D eigenvalue weighted by Gasteiger charge is -2.08. The molecule has 0 aliphatic heterocycles. The summed E-state index contributed by atoms with van der Waals surface area (Å²) in [4.78, 5) is 12.2. The van der Waals surface area contributed by atoms with E-state index < -0.39 is 0 Å². The largest absolute Gasteiger partial charge is 0.497 e. The molecule has 1 aromatic heterocycles. The number of aryl methyl sites for hydroxylation is 1. The van der Waals surface area contributed by atoms with Gasteiger partial charge in [-0.25, -0.2) is 0 Å². The predicted molar refractivity (Wildman–Crippen MR) is 92.9 cm³/mol. The topological polar surface area (TPSA) is 43.3 Å². The number of nitrogens with zero attached hydrogens (tertiary/aromatic N) is 1. The summed E-state index contributed by atoms with van der Waals surface area (Å²) < 4.78 is 7.08. The summed E-state index contributed by atoms with van der Waals surface area (Å²) >= 11 is 0. The molecule has 0 saturated carbocycles. The van der Waals surface area contributed by atoms with Crippen LogP contribution in [-0.4, -0.2) is 17.6 Å². The maximum atomic E-state index is 12.2. The van der Waals surface area contributed by atoms with Crippen LogP contribution in [0.25, 0.3) is 10.9 Å². The van der Waals surface area contributed by atoms with Gasteiger partial charge in [-0.3, -0.25) is 4.79 Å². The van der Waals surface area contributed by atoms with Crippen LogP contribution in [0.4, 0.5) is 5.69 Å². The van der Waals surface area contributed by atoms with Crippen molar-refractivity contribution in [3.8, 4) is 5.75 Å². The molecule has 0 aliphatic rings. The minimum atomic E-state index is -0.0489. The van der Waals surface area contributed by atoms with Crippen LogP contribution in [0.5, 0.6) is 5.75 Å². The highest BCUT2D eigenvalue weighted by atomic mass is 16.5. The summed E-state index contributed by atoms with van der Waals surface area (Å²) in [6.07, 6.45) is 2.97. The zero-order valence-electron chi connectivity index (χ0n) is 13.4. The van der Waals surface area contributed by atoms with Gasteiger partial charge in [-0.1, -0.05) is 13.0 Å². The summed E-state index contributed by atoms with van der Waals surface area (Å²) in [5.74, 6) is 0.721. The lowest BCUT2D eigenvalue weighted by molar-refractivity contribution is -0.116. The Morgan fingerprint density at radius 3 is 2.61 bits per heavy atom. The number of fused-ring (bicyclic) bond motifs is 1. The van der Waals surface area contributed by atoms with Gasteiger partial charge in [-0.15, -0.1) is 0 Å². The van der Waals surface area contributed by atoms with Crippen LogP contribution in [-0.2, 0) is 17.8 Å². The van der Waals surface area contributed by atoms with Crippen molar-refractivity contribution in [1.82, 2.24) is 4.57 Å². The van der Waals surface area contributed by atoms with Crippen molar-refractivity contribution in [2.24, 2.45) is 0 Å². The molecule has 23 heavy (non-hydrogen) atoms. The number of nitrogens with one attached hydrogen (secondary N) is 1. The maximum absolute atomic E-state index is 12.2. The van der Waals surface area contributed by atoms with Gasteiger partial charge >= 0.3 is 0 Å². The second kappa shape index (κ2) is 6.57. The Morgan fingerprint density at radius 1 is 1.13 bits per heavy atom. The zero-order chi connectivity index (χ0) is 16.2. The van der Waals surface area contributed by atoms with Gasteiger partial charge in [0.15, 0.2) is 0 Å². The highest BCUT2D eigenvalue weighted by Crippen LogP contribution is 2.19. The first-order chi connectivity index (χ1) is 11.2. The van der Waals surface area contributed by atoms with E-state index in [1.54, 1.807) is 7.11 Å². The summed E-state index contributed by atoms with van der Waals surface area (Å²) in [5, 5.41) is 4.07. The molecule has 0 bridgehead atoms. The SMILES string of the molecule is CCc1ccc2c(ccn2CC(=O)Nc2ccc(OC)cc2)c1. The molecule has 1 heterocycles. The molecule has 1 amide bonds. The van der Waals surface area contributed by atoms with Crippen molar-refractivity contribution in [2.75, 3.05) is 12.4 Å². The number of aromatic nitrogens is 1. The van der Waals surface area contributed by atoms with Gasteiger partial charge in [-0.2, -0.15) is 0 Å². The van der Waals surface area contributed by atoms with Crippen molar-refractivity contribution < 1.29 is 9.53 Å². The Labute approximate surface area is 135 Å². The van der Waals surface area contributed by atoms with Crippen LogP contribution in [0.15, 0.2) is 54.7 Å². The minimum Gasteiger partial charge on any atom is -0.497 e. The average Bonchev–Trinajstić information content (AvgIpc) is 2.97. The Morgan fingerprint density at radius 2 is 1.91 bits per heavy atom. The number of ether oxygens (including phenoxy) is 1. The van der Waals surface area contributed by atoms with Crippen LogP contribution in [0.3, 0.4) is 0 Å². The van der Waals surface area contributed by atoms with E-state index in [-0.39, 0.29) is 5.91 Å². The Kier molecular flexibility index (Phi) is 4.33. The molecule has 4 nitrogen and oxygen atoms in total. The van der Waals surface area contributed by atoms with Crippen LogP contribution in [0, 0.1) is 0 Å². The third kappa shape index (κ3) is 3.37. The summed E-state index contributed by atoms with van der Waals surface area (Å²) in [6.45, 7) is 2.43. The van der Waals surface area contributed by atoms with Crippen molar-refractivity contribution in [2.45, 2.75) is 19.9 Å². The van der Waals surface area contributed by atoms with Crippen LogP contribution in [0.2, 0.25) is 0 Å². The smallest absolute Gasteiger partial charge is 0.244 e. The highest BCUT2D eigenvalue weighted by Gasteiger charge is 2.07. The van der Waals surface area contributed by atoms with E-state index in [9.17, 15) is 4.79 Å². The molecular weight excluding hydrogens is 288 g/mol. The van der Waals surface area contributed by atoms with Gasteiger partial charge in [0, 0.05) is 17.4 Å². The Hall–Kier alpha value is -2.75. The van der Waals surface area contributed by atoms with E-state index >= 15 is 0 Å². The number of anilines is 1. The first-order valence-electron chi connectivity index (χ1n) is 7.71. The Balaban J connectivity index is 1.72. The molecule has 3 rings (SSSR count). The summed E-state index contributed by atoms with van der Waals surface area (Å²) in [5.41, 5.74) is 3.14. The Bertz CT molecular complexity index is 819. The fourth-order valence-corrected chi connectivity index (χ4v) is 2.64. The third-order valence-electron chi connectivity index (χ3n) is 3.93. The molecule has 1 N–H and O–H groups in total. The van der Waals surface area contributed by atoms with E-state index in [1.165, 1.54) is 10.9 Å². The number of benzene rings is 2. The summed E-state index contributed by atoms with van der Waals surface area (Å²) in [7, 11) is 1.62. The molecule has 0 spiro atoms. The van der Waals surface area contributed by atoms with Gasteiger partial charge < -0.3 is 14.6 Å². The maximum Gasteiger partial charge on any atom is 0.244 e. The van der Waals surface area contributed by atoms with E-state index in [2.05, 4.69) is 36.5 Å². The molecule has 4 heteroatoms. The number of rotatable bonds is 5. The number of carbonyl (C=O) groups excluding carboxylic acids is 1. The molecule has 3 aromatic rings. The third-order valence-corrected chi connectivity index (χ3v) is 3.93. The second-order valence-electron chi connectivity index (χ2n) is 5.47. The van der Waals surface area contributed by atoms with Crippen molar-refractivity contribution in [1.29, 1.82) is 0 Å². The van der Waals surface area contributed by atoms with Gasteiger partial charge in [0.25, 0.3) is 0 Å². The van der Waals surface area contributed by atoms with E-state index in [0.29, 0.717) is 6.54 Å². The van der Waals surface area contributed by atoms with Gasteiger partial charge in [-0.05, 0) is 59.8 Å². The predicted octanol–water partition coefficient (Wildman–Crippen LogP) is 3.85. The monoisotopic (exact) mass is 308 g/mol. The minimum absolute atomic E-state index is 0.0489. The molecule has 0 saturated heterocycles. The number of amides is 1. The lowest BCUT2D eigenvalue weighted by Crippen LogP contribution is -2.18. The lowest BCUT2D eigenvalue weighted by atomic mass is 10.1. The van der Waals surface area contributed by atoms with E-state index in [4.69, 9.17) is 4.74 Å². The van der Waals surface area contributed by atoms with Gasteiger partial charge in [0.1, 0.15) is 12.3 Å². The second-order valence-corrected chi connectivity index (χ2v) is 5.47. The standard InChI is InChI=1S/C19H20N2O2/c1-3-14-4-9-18-15(12-14)10-11-21(18)13-19(22)20-16-5-7-17(23-2)8-6-16/h4-12H,3,13H2,1-2H3,(H,20,22). The fraction of sp³-hybridized carbons (Fsp3) is 0.211. The van der Waals surface area contributed by atoms with Crippen molar-refractivity contribution >= 4 is 22.5 Å². The first kappa shape index (κ1) is 15.2. The van der Waals surface area contributed by atoms with Crippen molar-refractivity contribution in [3.63, 3.8) is 0 Å². The molecule has 2 aromatic carbocycles. The average molecular weight is 308 g/mol. The van der Waals surface area contributed by atoms with Crippen LogP contribution < -0.4 is 10.1 Å². The molecule has 118 valence electrons. The molecule has 0 aliphatic carbocycles. The van der Waals surface area contributed by atoms with Crippen LogP contribution in [0.1, 0.15) is 12.5 Å². The molecular formula is C19H20N2O2. The van der Waals surface area contributed by atoms with E-state index in [0.717, 1.165) is 23.4 Å². The van der Waals surface area contributed by atoms with Crippen molar-refractivity contribution in [3.05, 3.63) is 60.3 Å². The summed E-state index contributed by atoms with van der Waals surface area (Å²) in [6, 6.07) is 15.7. The number of methoxy groups -OCH3 is 1. The molecule has 0 radical (unpaired) electrons. The number of hydrogen-bond donors (Lipinski definition) is 1. The van der Waals surface area contributed by atoms with Gasteiger partial charge in [0.05, 0.1) is 7.11 Å². The quantitative estimate of drug-likeness (QED) is 0.778.